The van der Waals surface area contributed by atoms with Crippen molar-refractivity contribution < 1.29 is 17.6 Å². The number of pyridine rings is 1. The van der Waals surface area contributed by atoms with E-state index < -0.39 is 17.8 Å². The zero-order valence-corrected chi connectivity index (χ0v) is 18.1. The third-order valence-electron chi connectivity index (χ3n) is 6.37. The molecular formula is C25H27F4N3. The number of hydrogen-bond donors (Lipinski definition) is 1. The Morgan fingerprint density at radius 2 is 1.78 bits per heavy atom. The second-order valence-corrected chi connectivity index (χ2v) is 8.55. The fraction of sp³-hybridized carbons (Fsp3) is 0.400. The summed E-state index contributed by atoms with van der Waals surface area (Å²) in [4.78, 5) is 3.46. The van der Waals surface area contributed by atoms with E-state index in [0.29, 0.717) is 18.2 Å². The lowest BCUT2D eigenvalue weighted by molar-refractivity contribution is -0.143. The molecule has 3 aromatic rings. The van der Waals surface area contributed by atoms with Gasteiger partial charge in [0.2, 0.25) is 5.95 Å². The molecule has 1 aromatic carbocycles. The van der Waals surface area contributed by atoms with Crippen molar-refractivity contribution in [3.8, 4) is 0 Å². The number of aromatic nitrogens is 2. The van der Waals surface area contributed by atoms with Crippen LogP contribution < -0.4 is 5.32 Å². The quantitative estimate of drug-likeness (QED) is 0.444. The number of aryl methyl sites for hydroxylation is 1. The van der Waals surface area contributed by atoms with Crippen molar-refractivity contribution in [3.05, 3.63) is 77.5 Å². The summed E-state index contributed by atoms with van der Waals surface area (Å²) in [6.45, 7) is 6.29. The van der Waals surface area contributed by atoms with E-state index in [-0.39, 0.29) is 11.6 Å². The summed E-state index contributed by atoms with van der Waals surface area (Å²) in [5, 5.41) is 3.52. The molecule has 0 radical (unpaired) electrons. The number of halogens is 4. The van der Waals surface area contributed by atoms with Gasteiger partial charge in [0, 0.05) is 17.4 Å². The van der Waals surface area contributed by atoms with E-state index in [9.17, 15) is 17.6 Å². The monoisotopic (exact) mass is 445 g/mol. The molecule has 170 valence electrons. The molecule has 2 heterocycles. The Bertz CT molecular complexity index is 1090. The van der Waals surface area contributed by atoms with Gasteiger partial charge in [-0.05, 0) is 67.7 Å². The van der Waals surface area contributed by atoms with Crippen LogP contribution in [0.3, 0.4) is 0 Å². The first-order valence-corrected chi connectivity index (χ1v) is 11.0. The van der Waals surface area contributed by atoms with Gasteiger partial charge in [0.05, 0.1) is 0 Å². The minimum absolute atomic E-state index is 0.00642. The molecule has 0 amide bonds. The van der Waals surface area contributed by atoms with Gasteiger partial charge in [0.15, 0.2) is 5.69 Å². The number of hydrogen-bond acceptors (Lipinski definition) is 2. The van der Waals surface area contributed by atoms with E-state index in [1.54, 1.807) is 12.1 Å². The number of imidazole rings is 1. The molecule has 0 unspecified atom stereocenters. The second kappa shape index (κ2) is 8.96. The molecule has 4 rings (SSSR count). The van der Waals surface area contributed by atoms with Crippen LogP contribution in [-0.2, 0) is 19.0 Å². The van der Waals surface area contributed by atoms with Gasteiger partial charge in [0.1, 0.15) is 5.65 Å². The molecule has 1 saturated carbocycles. The summed E-state index contributed by atoms with van der Waals surface area (Å²) in [5.41, 5.74) is 2.33. The van der Waals surface area contributed by atoms with Crippen LogP contribution in [0.5, 0.6) is 0 Å². The van der Waals surface area contributed by atoms with E-state index in [1.807, 2.05) is 0 Å². The molecule has 1 aliphatic rings. The van der Waals surface area contributed by atoms with Crippen molar-refractivity contribution in [2.24, 2.45) is 5.92 Å². The van der Waals surface area contributed by atoms with Crippen LogP contribution in [0.15, 0.2) is 49.0 Å². The van der Waals surface area contributed by atoms with Crippen molar-refractivity contribution >= 4 is 11.3 Å². The van der Waals surface area contributed by atoms with E-state index in [1.165, 1.54) is 11.6 Å². The molecule has 0 bridgehead atoms. The molecule has 32 heavy (non-hydrogen) atoms. The number of benzene rings is 1. The van der Waals surface area contributed by atoms with Crippen LogP contribution in [0.4, 0.5) is 17.6 Å². The Hall–Kier alpha value is -2.83. The predicted molar refractivity (Wildman–Crippen MR) is 118 cm³/mol. The van der Waals surface area contributed by atoms with E-state index in [0.717, 1.165) is 47.8 Å². The Morgan fingerprint density at radius 1 is 1.09 bits per heavy atom. The molecule has 0 spiro atoms. The first kappa shape index (κ1) is 22.4. The topological polar surface area (TPSA) is 29.3 Å². The molecule has 7 heteroatoms. The van der Waals surface area contributed by atoms with Crippen LogP contribution in [0, 0.1) is 11.9 Å². The Labute approximate surface area is 185 Å². The number of fused-ring (bicyclic) bond motifs is 1. The van der Waals surface area contributed by atoms with E-state index >= 15 is 0 Å². The SMILES string of the molecule is C=C(NC1CCC(Cc2cccc3nc(C(F)(F)F)c(F)n23)CC1)c1ccc(CC)cc1. The zero-order valence-electron chi connectivity index (χ0n) is 18.1. The lowest BCUT2D eigenvalue weighted by Gasteiger charge is -2.30. The molecule has 1 aliphatic carbocycles. The maximum absolute atomic E-state index is 14.5. The molecule has 1 N–H and O–H groups in total. The fourth-order valence-electron chi connectivity index (χ4n) is 4.54. The van der Waals surface area contributed by atoms with Gasteiger partial charge >= 0.3 is 6.18 Å². The van der Waals surface area contributed by atoms with Crippen molar-refractivity contribution in [1.29, 1.82) is 0 Å². The third kappa shape index (κ3) is 4.66. The van der Waals surface area contributed by atoms with Crippen LogP contribution in [-0.4, -0.2) is 15.4 Å². The lowest BCUT2D eigenvalue weighted by atomic mass is 9.83. The van der Waals surface area contributed by atoms with Gasteiger partial charge in [0.25, 0.3) is 0 Å². The molecular weight excluding hydrogens is 418 g/mol. The van der Waals surface area contributed by atoms with Crippen molar-refractivity contribution in [1.82, 2.24) is 14.7 Å². The highest BCUT2D eigenvalue weighted by Gasteiger charge is 2.39. The first-order valence-electron chi connectivity index (χ1n) is 11.0. The zero-order chi connectivity index (χ0) is 22.9. The summed E-state index contributed by atoms with van der Waals surface area (Å²) in [7, 11) is 0. The predicted octanol–water partition coefficient (Wildman–Crippen LogP) is 6.42. The van der Waals surface area contributed by atoms with Crippen LogP contribution >= 0.6 is 0 Å². The average Bonchev–Trinajstić information content (AvgIpc) is 3.13. The number of alkyl halides is 3. The summed E-state index contributed by atoms with van der Waals surface area (Å²) < 4.78 is 54.7. The van der Waals surface area contributed by atoms with Gasteiger partial charge in [-0.1, -0.05) is 43.8 Å². The van der Waals surface area contributed by atoms with Crippen molar-refractivity contribution in [3.63, 3.8) is 0 Å². The van der Waals surface area contributed by atoms with E-state index in [2.05, 4.69) is 48.1 Å². The standard InChI is InChI=1S/C25H27F4N3/c1-3-17-7-11-19(12-8-17)16(2)30-20-13-9-18(10-14-20)15-21-5-4-6-22-31-23(25(27,28)29)24(26)32(21)22/h4-8,11-12,18,20,30H,2-3,9-10,13-15H2,1H3. The van der Waals surface area contributed by atoms with Crippen molar-refractivity contribution in [2.45, 2.75) is 57.7 Å². The highest BCUT2D eigenvalue weighted by atomic mass is 19.4. The Balaban J connectivity index is 1.38. The maximum atomic E-state index is 14.5. The minimum atomic E-state index is -4.81. The van der Waals surface area contributed by atoms with Crippen LogP contribution in [0.2, 0.25) is 0 Å². The summed E-state index contributed by atoms with van der Waals surface area (Å²) in [5.74, 6) is -1.05. The van der Waals surface area contributed by atoms with Gasteiger partial charge < -0.3 is 5.32 Å². The average molecular weight is 446 g/mol. The summed E-state index contributed by atoms with van der Waals surface area (Å²) in [6.07, 6.45) is 0.416. The number of nitrogens with zero attached hydrogens (tertiary/aromatic N) is 2. The Morgan fingerprint density at radius 3 is 2.41 bits per heavy atom. The van der Waals surface area contributed by atoms with Gasteiger partial charge in [-0.15, -0.1) is 0 Å². The largest absolute Gasteiger partial charge is 0.437 e. The number of nitrogens with one attached hydrogen (secondary N) is 1. The van der Waals surface area contributed by atoms with Crippen LogP contribution in [0.1, 0.15) is 55.1 Å². The van der Waals surface area contributed by atoms with Crippen molar-refractivity contribution in [2.75, 3.05) is 0 Å². The van der Waals surface area contributed by atoms with Gasteiger partial charge in [-0.2, -0.15) is 17.6 Å². The molecule has 0 atom stereocenters. The number of rotatable bonds is 6. The second-order valence-electron chi connectivity index (χ2n) is 8.55. The normalized spacial score (nSPS) is 19.3. The smallest absolute Gasteiger partial charge is 0.382 e. The Kier molecular flexibility index (Phi) is 6.26. The highest BCUT2D eigenvalue weighted by Crippen LogP contribution is 2.33. The third-order valence-corrected chi connectivity index (χ3v) is 6.37. The van der Waals surface area contributed by atoms with Gasteiger partial charge in [-0.25, -0.2) is 4.98 Å². The minimum Gasteiger partial charge on any atom is -0.382 e. The van der Waals surface area contributed by atoms with Gasteiger partial charge in [-0.3, -0.25) is 4.40 Å². The van der Waals surface area contributed by atoms with E-state index in [4.69, 9.17) is 0 Å². The molecule has 0 aliphatic heterocycles. The summed E-state index contributed by atoms with van der Waals surface area (Å²) >= 11 is 0. The molecule has 1 fully saturated rings. The fourth-order valence-corrected chi connectivity index (χ4v) is 4.54. The summed E-state index contributed by atoms with van der Waals surface area (Å²) in [6, 6.07) is 13.4. The molecule has 0 saturated heterocycles. The highest BCUT2D eigenvalue weighted by molar-refractivity contribution is 5.62. The molecule has 3 nitrogen and oxygen atoms in total. The first-order chi connectivity index (χ1) is 15.3. The lowest BCUT2D eigenvalue weighted by Crippen LogP contribution is -2.32. The van der Waals surface area contributed by atoms with Crippen LogP contribution in [0.25, 0.3) is 11.3 Å². The maximum Gasteiger partial charge on any atom is 0.437 e. The molecule has 2 aromatic heterocycles.